The van der Waals surface area contributed by atoms with Crippen LogP contribution in [0.1, 0.15) is 28.8 Å². The van der Waals surface area contributed by atoms with Crippen LogP contribution in [0.3, 0.4) is 0 Å². The van der Waals surface area contributed by atoms with Crippen LogP contribution >= 0.6 is 15.9 Å². The van der Waals surface area contributed by atoms with Gasteiger partial charge in [-0.1, -0.05) is 15.9 Å². The number of benzene rings is 1. The Morgan fingerprint density at radius 1 is 1.19 bits per heavy atom. The molecule has 1 aromatic carbocycles. The molecule has 3 amide bonds. The van der Waals surface area contributed by atoms with Crippen LogP contribution in [0.2, 0.25) is 0 Å². The van der Waals surface area contributed by atoms with Crippen LogP contribution in [0.25, 0.3) is 6.08 Å². The Kier molecular flexibility index (Phi) is 6.44. The molecule has 1 aliphatic heterocycles. The molecule has 0 saturated carbocycles. The zero-order valence-electron chi connectivity index (χ0n) is 16.7. The first-order chi connectivity index (χ1) is 14.7. The highest BCUT2D eigenvalue weighted by atomic mass is 79.9. The Morgan fingerprint density at radius 2 is 1.94 bits per heavy atom. The number of imide groups is 1. The van der Waals surface area contributed by atoms with Gasteiger partial charge in [-0.25, -0.2) is 9.59 Å². The lowest BCUT2D eigenvalue weighted by Crippen LogP contribution is -2.30. The normalized spacial score (nSPS) is 14.6. The molecule has 0 atom stereocenters. The van der Waals surface area contributed by atoms with E-state index < -0.39 is 23.9 Å². The Morgan fingerprint density at radius 3 is 2.58 bits per heavy atom. The molecule has 162 valence electrons. The Hall–Kier alpha value is -3.60. The summed E-state index contributed by atoms with van der Waals surface area (Å²) in [5.74, 6) is -1.10. The molecule has 1 aromatic heterocycles. The maximum atomic E-state index is 12.7. The summed E-state index contributed by atoms with van der Waals surface area (Å²) in [5.41, 5.74) is 0.525. The van der Waals surface area contributed by atoms with Crippen molar-refractivity contribution in [2.24, 2.45) is 0 Å². The van der Waals surface area contributed by atoms with E-state index in [0.29, 0.717) is 10.0 Å². The first-order valence-corrected chi connectivity index (χ1v) is 9.60. The molecular weight excluding hydrogens is 476 g/mol. The number of carbonyl (C=O) groups is 4. The number of furan rings is 1. The molecule has 2 aromatic rings. The molecule has 0 spiro atoms. The maximum absolute atomic E-state index is 12.7. The predicted octanol–water partition coefficient (Wildman–Crippen LogP) is 2.86. The van der Waals surface area contributed by atoms with Gasteiger partial charge in [-0.15, -0.1) is 0 Å². The van der Waals surface area contributed by atoms with Gasteiger partial charge >= 0.3 is 18.0 Å². The average molecular weight is 493 g/mol. The van der Waals surface area contributed by atoms with Gasteiger partial charge in [0.05, 0.1) is 20.8 Å². The molecule has 0 bridgehead atoms. The van der Waals surface area contributed by atoms with E-state index in [4.69, 9.17) is 13.9 Å². The first-order valence-electron chi connectivity index (χ1n) is 8.81. The van der Waals surface area contributed by atoms with Crippen molar-refractivity contribution in [3.05, 3.63) is 51.5 Å². The monoisotopic (exact) mass is 492 g/mol. The summed E-state index contributed by atoms with van der Waals surface area (Å²) >= 11 is 3.35. The Balaban J connectivity index is 1.84. The zero-order chi connectivity index (χ0) is 22.7. The summed E-state index contributed by atoms with van der Waals surface area (Å²) in [7, 11) is 2.62. The fourth-order valence-corrected chi connectivity index (χ4v) is 3.19. The highest BCUT2D eigenvalue weighted by molar-refractivity contribution is 9.10. The molecule has 3 rings (SSSR count). The number of ether oxygens (including phenoxy) is 3. The topological polar surface area (TPSA) is 124 Å². The van der Waals surface area contributed by atoms with Crippen LogP contribution in [0, 0.1) is 0 Å². The van der Waals surface area contributed by atoms with Gasteiger partial charge in [-0.3, -0.25) is 14.5 Å². The summed E-state index contributed by atoms with van der Waals surface area (Å²) < 4.78 is 20.7. The van der Waals surface area contributed by atoms with Crippen molar-refractivity contribution in [1.82, 2.24) is 10.2 Å². The smallest absolute Gasteiger partial charge is 0.373 e. The number of nitrogens with zero attached hydrogens (tertiary/aromatic N) is 1. The largest absolute Gasteiger partial charge is 0.493 e. The second-order valence-electron chi connectivity index (χ2n) is 6.26. The van der Waals surface area contributed by atoms with Crippen molar-refractivity contribution >= 4 is 45.9 Å². The zero-order valence-corrected chi connectivity index (χ0v) is 18.3. The number of nitrogens with one attached hydrogen (secondary N) is 1. The van der Waals surface area contributed by atoms with Crippen LogP contribution < -0.4 is 14.8 Å². The van der Waals surface area contributed by atoms with E-state index >= 15 is 0 Å². The van der Waals surface area contributed by atoms with Gasteiger partial charge in [0.25, 0.3) is 5.91 Å². The minimum Gasteiger partial charge on any atom is -0.493 e. The van der Waals surface area contributed by atoms with Gasteiger partial charge < -0.3 is 23.9 Å². The highest BCUT2D eigenvalue weighted by Crippen LogP contribution is 2.35. The number of rotatable bonds is 6. The Labute approximate surface area is 184 Å². The number of carbonyl (C=O) groups excluding carboxylic acids is 4. The molecule has 1 N–H and O–H groups in total. The molecule has 1 aliphatic rings. The van der Waals surface area contributed by atoms with Crippen LogP contribution in [0.4, 0.5) is 4.79 Å². The molecular formula is C20H17BrN2O8. The molecule has 10 nitrogen and oxygen atoms in total. The van der Waals surface area contributed by atoms with Crippen LogP contribution in [-0.4, -0.2) is 43.0 Å². The molecule has 0 unspecified atom stereocenters. The van der Waals surface area contributed by atoms with Gasteiger partial charge in [-0.05, 0) is 35.9 Å². The molecule has 1 saturated heterocycles. The van der Waals surface area contributed by atoms with Crippen LogP contribution in [0.15, 0.2) is 38.9 Å². The van der Waals surface area contributed by atoms with Gasteiger partial charge in [0.1, 0.15) is 11.5 Å². The number of esters is 2. The quantitative estimate of drug-likeness (QED) is 0.282. The standard InChI is InChI=1S/C20H17BrN2O8/c1-10(24)30-17-8-13(21)11(7-16(17)28-2)6-14-18(25)23(20(27)22-14)9-12-4-5-15(31-12)19(26)29-3/h4-8H,9H2,1-3H3,(H,22,27). The predicted molar refractivity (Wildman–Crippen MR) is 109 cm³/mol. The van der Waals surface area contributed by atoms with Crippen molar-refractivity contribution in [2.75, 3.05) is 14.2 Å². The lowest BCUT2D eigenvalue weighted by Gasteiger charge is -2.11. The molecule has 2 heterocycles. The summed E-state index contributed by atoms with van der Waals surface area (Å²) in [6.45, 7) is 1.09. The second-order valence-corrected chi connectivity index (χ2v) is 7.11. The minimum atomic E-state index is -0.667. The number of hydrogen-bond donors (Lipinski definition) is 1. The van der Waals surface area contributed by atoms with Gasteiger partial charge in [-0.2, -0.15) is 0 Å². The second kappa shape index (κ2) is 9.04. The summed E-state index contributed by atoms with van der Waals surface area (Å²) in [6.07, 6.45) is 1.45. The lowest BCUT2D eigenvalue weighted by atomic mass is 10.1. The van der Waals surface area contributed by atoms with E-state index in [1.165, 1.54) is 45.4 Å². The fraction of sp³-hybridized carbons (Fsp3) is 0.200. The summed E-state index contributed by atoms with van der Waals surface area (Å²) in [4.78, 5) is 48.7. The van der Waals surface area contributed by atoms with E-state index in [2.05, 4.69) is 26.0 Å². The number of urea groups is 1. The van der Waals surface area contributed by atoms with Gasteiger partial charge in [0.2, 0.25) is 5.76 Å². The van der Waals surface area contributed by atoms with Crippen molar-refractivity contribution in [2.45, 2.75) is 13.5 Å². The van der Waals surface area contributed by atoms with Crippen molar-refractivity contribution in [3.63, 3.8) is 0 Å². The van der Waals surface area contributed by atoms with E-state index in [9.17, 15) is 19.2 Å². The van der Waals surface area contributed by atoms with E-state index in [-0.39, 0.29) is 35.3 Å². The van der Waals surface area contributed by atoms with Gasteiger partial charge in [0, 0.05) is 11.4 Å². The first kappa shape index (κ1) is 22.1. The molecule has 0 radical (unpaired) electrons. The highest BCUT2D eigenvalue weighted by Gasteiger charge is 2.34. The fourth-order valence-electron chi connectivity index (χ4n) is 2.76. The molecule has 1 fully saturated rings. The lowest BCUT2D eigenvalue weighted by molar-refractivity contribution is -0.132. The van der Waals surface area contributed by atoms with E-state index in [1.807, 2.05) is 0 Å². The number of methoxy groups -OCH3 is 2. The molecule has 31 heavy (non-hydrogen) atoms. The molecule has 0 aliphatic carbocycles. The van der Waals surface area contributed by atoms with E-state index in [0.717, 1.165) is 4.90 Å². The maximum Gasteiger partial charge on any atom is 0.373 e. The third kappa shape index (κ3) is 4.77. The number of halogens is 1. The molecule has 11 heteroatoms. The SMILES string of the molecule is COC(=O)c1ccc(CN2C(=O)NC(=Cc3cc(OC)c(OC(C)=O)cc3Br)C2=O)o1. The van der Waals surface area contributed by atoms with Crippen molar-refractivity contribution in [1.29, 1.82) is 0 Å². The minimum absolute atomic E-state index is 0.0211. The van der Waals surface area contributed by atoms with Gasteiger partial charge in [0.15, 0.2) is 11.5 Å². The van der Waals surface area contributed by atoms with Crippen molar-refractivity contribution in [3.8, 4) is 11.5 Å². The number of amides is 3. The number of hydrogen-bond acceptors (Lipinski definition) is 8. The Bertz CT molecular complexity index is 1100. The summed E-state index contributed by atoms with van der Waals surface area (Å²) in [6, 6.07) is 5.29. The average Bonchev–Trinajstić information content (AvgIpc) is 3.29. The van der Waals surface area contributed by atoms with Crippen LogP contribution in [0.5, 0.6) is 11.5 Å². The third-order valence-electron chi connectivity index (χ3n) is 4.16. The van der Waals surface area contributed by atoms with Crippen LogP contribution in [-0.2, 0) is 20.9 Å². The third-order valence-corrected chi connectivity index (χ3v) is 4.85. The summed E-state index contributed by atoms with van der Waals surface area (Å²) in [5, 5.41) is 2.49. The van der Waals surface area contributed by atoms with E-state index in [1.54, 1.807) is 6.07 Å². The van der Waals surface area contributed by atoms with Crippen molar-refractivity contribution < 1.29 is 37.8 Å².